The molecule has 1 aliphatic heterocycles. The second-order valence-electron chi connectivity index (χ2n) is 8.91. The fraction of sp³-hybridized carbons (Fsp3) is 0.345. The van der Waals surface area contributed by atoms with Crippen molar-refractivity contribution >= 4 is 5.97 Å². The fourth-order valence-corrected chi connectivity index (χ4v) is 4.72. The predicted molar refractivity (Wildman–Crippen MR) is 132 cm³/mol. The first-order chi connectivity index (χ1) is 16.6. The summed E-state index contributed by atoms with van der Waals surface area (Å²) in [5, 5.41) is 9.30. The molecule has 1 saturated heterocycles. The first kappa shape index (κ1) is 24.1. The number of benzene rings is 3. The van der Waals surface area contributed by atoms with E-state index in [0.29, 0.717) is 12.0 Å². The van der Waals surface area contributed by atoms with E-state index in [1.54, 1.807) is 0 Å². The van der Waals surface area contributed by atoms with Crippen LogP contribution in [0.15, 0.2) is 78.9 Å². The van der Waals surface area contributed by atoms with Crippen molar-refractivity contribution in [2.24, 2.45) is 0 Å². The van der Waals surface area contributed by atoms with Gasteiger partial charge in [0.2, 0.25) is 0 Å². The van der Waals surface area contributed by atoms with Crippen LogP contribution in [-0.2, 0) is 11.2 Å². The number of nitrogens with zero attached hydrogens (tertiary/aromatic N) is 1. The number of ether oxygens (including phenoxy) is 1. The van der Waals surface area contributed by atoms with E-state index in [4.69, 9.17) is 4.74 Å². The molecule has 178 valence electrons. The second kappa shape index (κ2) is 11.9. The predicted octanol–water partition coefficient (Wildman–Crippen LogP) is 6.12. The lowest BCUT2D eigenvalue weighted by Gasteiger charge is -2.34. The largest absolute Gasteiger partial charge is 0.478 e. The van der Waals surface area contributed by atoms with Gasteiger partial charge < -0.3 is 14.7 Å². The Hall–Kier alpha value is -3.02. The molecule has 0 unspecified atom stereocenters. The topological polar surface area (TPSA) is 49.8 Å². The quantitative estimate of drug-likeness (QED) is 0.370. The Morgan fingerprint density at radius 3 is 2.12 bits per heavy atom. The highest BCUT2D eigenvalue weighted by atomic mass is 19.1. The molecule has 5 heteroatoms. The van der Waals surface area contributed by atoms with Gasteiger partial charge in [0, 0.05) is 18.7 Å². The third-order valence-electron chi connectivity index (χ3n) is 6.57. The number of rotatable bonds is 10. The fourth-order valence-electron chi connectivity index (χ4n) is 4.72. The number of likely N-dealkylation sites (tertiary alicyclic amines) is 1. The zero-order valence-corrected chi connectivity index (χ0v) is 19.4. The number of unbranched alkanes of at least 4 members (excludes halogenated alkanes) is 1. The molecule has 34 heavy (non-hydrogen) atoms. The van der Waals surface area contributed by atoms with Gasteiger partial charge in [-0.15, -0.1) is 0 Å². The van der Waals surface area contributed by atoms with Crippen LogP contribution in [0, 0.1) is 5.82 Å². The van der Waals surface area contributed by atoms with Crippen LogP contribution < -0.4 is 0 Å². The molecule has 0 atom stereocenters. The van der Waals surface area contributed by atoms with Crippen molar-refractivity contribution in [1.29, 1.82) is 0 Å². The lowest BCUT2D eigenvalue weighted by molar-refractivity contribution is -0.0270. The van der Waals surface area contributed by atoms with E-state index < -0.39 is 11.8 Å². The Morgan fingerprint density at radius 2 is 1.53 bits per heavy atom. The van der Waals surface area contributed by atoms with Gasteiger partial charge in [0.1, 0.15) is 11.9 Å². The third-order valence-corrected chi connectivity index (χ3v) is 6.57. The van der Waals surface area contributed by atoms with Gasteiger partial charge in [0.25, 0.3) is 0 Å². The molecule has 0 aliphatic carbocycles. The smallest absolute Gasteiger partial charge is 0.336 e. The van der Waals surface area contributed by atoms with Crippen molar-refractivity contribution in [1.82, 2.24) is 4.90 Å². The minimum Gasteiger partial charge on any atom is -0.478 e. The standard InChI is InChI=1S/C29H32FNO3/c30-27-16-9-15-26(29(32)33)25(27)14-7-8-19-31-20-17-24(18-21-31)34-28(22-10-3-1-4-11-22)23-12-5-2-6-13-23/h1-6,9-13,15-16,24,28H,7-8,14,17-21H2,(H,32,33). The van der Waals surface area contributed by atoms with E-state index in [9.17, 15) is 14.3 Å². The van der Waals surface area contributed by atoms with Gasteiger partial charge >= 0.3 is 5.97 Å². The van der Waals surface area contributed by atoms with Gasteiger partial charge in [-0.2, -0.15) is 0 Å². The highest BCUT2D eigenvalue weighted by Crippen LogP contribution is 2.30. The van der Waals surface area contributed by atoms with Crippen LogP contribution >= 0.6 is 0 Å². The number of hydrogen-bond donors (Lipinski definition) is 1. The van der Waals surface area contributed by atoms with Gasteiger partial charge in [-0.3, -0.25) is 0 Å². The van der Waals surface area contributed by atoms with Crippen LogP contribution in [0.2, 0.25) is 0 Å². The SMILES string of the molecule is O=C(O)c1cccc(F)c1CCCCN1CCC(OC(c2ccccc2)c2ccccc2)CC1. The number of aromatic carboxylic acids is 1. The minimum absolute atomic E-state index is 0.0665. The summed E-state index contributed by atoms with van der Waals surface area (Å²) in [6.07, 6.45) is 4.22. The van der Waals surface area contributed by atoms with Gasteiger partial charge in [-0.25, -0.2) is 9.18 Å². The lowest BCUT2D eigenvalue weighted by atomic mass is 9.99. The summed E-state index contributed by atoms with van der Waals surface area (Å²) in [4.78, 5) is 13.8. The van der Waals surface area contributed by atoms with E-state index >= 15 is 0 Å². The first-order valence-corrected chi connectivity index (χ1v) is 12.1. The molecule has 0 spiro atoms. The molecule has 1 fully saturated rings. The zero-order chi connectivity index (χ0) is 23.8. The van der Waals surface area contributed by atoms with E-state index in [1.165, 1.54) is 29.3 Å². The monoisotopic (exact) mass is 461 g/mol. The highest BCUT2D eigenvalue weighted by molar-refractivity contribution is 5.89. The summed E-state index contributed by atoms with van der Waals surface area (Å²) in [6.45, 7) is 2.88. The number of piperidine rings is 1. The Kier molecular flexibility index (Phi) is 8.45. The summed E-state index contributed by atoms with van der Waals surface area (Å²) in [6, 6.07) is 25.0. The van der Waals surface area contributed by atoms with Gasteiger partial charge in [-0.05, 0) is 61.9 Å². The Morgan fingerprint density at radius 1 is 0.912 bits per heavy atom. The third kappa shape index (κ3) is 6.31. The van der Waals surface area contributed by atoms with Crippen LogP contribution in [0.1, 0.15) is 58.8 Å². The lowest BCUT2D eigenvalue weighted by Crippen LogP contribution is -2.38. The number of hydrogen-bond acceptors (Lipinski definition) is 3. The van der Waals surface area contributed by atoms with E-state index in [0.717, 1.165) is 45.3 Å². The summed E-state index contributed by atoms with van der Waals surface area (Å²) in [7, 11) is 0. The number of carboxylic acids is 1. The number of halogens is 1. The molecule has 3 aromatic rings. The minimum atomic E-state index is -1.07. The molecule has 3 aromatic carbocycles. The van der Waals surface area contributed by atoms with Crippen LogP contribution in [0.3, 0.4) is 0 Å². The van der Waals surface area contributed by atoms with Crippen molar-refractivity contribution in [3.8, 4) is 0 Å². The Labute approximate surface area is 201 Å². The van der Waals surface area contributed by atoms with Crippen molar-refractivity contribution in [2.75, 3.05) is 19.6 Å². The first-order valence-electron chi connectivity index (χ1n) is 12.1. The average molecular weight is 462 g/mol. The maximum Gasteiger partial charge on any atom is 0.336 e. The zero-order valence-electron chi connectivity index (χ0n) is 19.4. The average Bonchev–Trinajstić information content (AvgIpc) is 2.87. The van der Waals surface area contributed by atoms with Gasteiger partial charge in [0.05, 0.1) is 11.7 Å². The van der Waals surface area contributed by atoms with Crippen molar-refractivity contribution in [2.45, 2.75) is 44.3 Å². The number of carboxylic acid groups (broad SMARTS) is 1. The molecular weight excluding hydrogens is 429 g/mol. The Balaban J connectivity index is 1.25. The van der Waals surface area contributed by atoms with Crippen LogP contribution in [0.5, 0.6) is 0 Å². The van der Waals surface area contributed by atoms with E-state index in [1.807, 2.05) is 12.1 Å². The molecule has 4 rings (SSSR count). The summed E-state index contributed by atoms with van der Waals surface area (Å²) >= 11 is 0. The molecule has 1 aliphatic rings. The van der Waals surface area contributed by atoms with Crippen LogP contribution in [0.25, 0.3) is 0 Å². The van der Waals surface area contributed by atoms with Crippen molar-refractivity contribution < 1.29 is 19.0 Å². The summed E-state index contributed by atoms with van der Waals surface area (Å²) < 4.78 is 20.7. The molecule has 0 radical (unpaired) electrons. The molecule has 0 amide bonds. The van der Waals surface area contributed by atoms with Crippen molar-refractivity contribution in [3.05, 3.63) is 107 Å². The van der Waals surface area contributed by atoms with Gasteiger partial charge in [-0.1, -0.05) is 66.7 Å². The number of carbonyl (C=O) groups is 1. The summed E-state index contributed by atoms with van der Waals surface area (Å²) in [5.74, 6) is -1.50. The van der Waals surface area contributed by atoms with Crippen molar-refractivity contribution in [3.63, 3.8) is 0 Å². The molecule has 0 bridgehead atoms. The normalized spacial score (nSPS) is 15.0. The molecule has 0 saturated carbocycles. The molecule has 1 heterocycles. The van der Waals surface area contributed by atoms with Crippen LogP contribution in [-0.4, -0.2) is 41.7 Å². The molecule has 1 N–H and O–H groups in total. The molecule has 4 nitrogen and oxygen atoms in total. The maximum atomic E-state index is 14.1. The van der Waals surface area contributed by atoms with E-state index in [-0.39, 0.29) is 17.8 Å². The van der Waals surface area contributed by atoms with Crippen LogP contribution in [0.4, 0.5) is 4.39 Å². The Bertz CT molecular complexity index is 1010. The molecular formula is C29H32FNO3. The highest BCUT2D eigenvalue weighted by Gasteiger charge is 2.24. The molecule has 0 aromatic heterocycles. The summed E-state index contributed by atoms with van der Waals surface area (Å²) in [5.41, 5.74) is 2.73. The maximum absolute atomic E-state index is 14.1. The van der Waals surface area contributed by atoms with Gasteiger partial charge in [0.15, 0.2) is 0 Å². The second-order valence-corrected chi connectivity index (χ2v) is 8.91. The van der Waals surface area contributed by atoms with E-state index in [2.05, 4.69) is 53.4 Å².